The maximum Gasteiger partial charge on any atom is 0.341 e. The molecule has 0 bridgehead atoms. The molecule has 0 aliphatic carbocycles. The Bertz CT molecular complexity index is 582. The number of nitrogens with zero attached hydrogens (tertiary/aromatic N) is 1. The second-order valence-corrected chi connectivity index (χ2v) is 4.43. The Kier molecular flexibility index (Phi) is 3.63. The zero-order valence-corrected chi connectivity index (χ0v) is 10.4. The van der Waals surface area contributed by atoms with Gasteiger partial charge in [-0.25, -0.2) is 9.78 Å². The summed E-state index contributed by atoms with van der Waals surface area (Å²) in [6.45, 7) is 0. The summed E-state index contributed by atoms with van der Waals surface area (Å²) in [5, 5.41) is 9.15. The molecule has 0 aliphatic rings. The molecule has 0 radical (unpaired) electrons. The van der Waals surface area contributed by atoms with E-state index in [2.05, 4.69) is 20.8 Å². The van der Waals surface area contributed by atoms with Gasteiger partial charge in [-0.15, -0.1) is 4.91 Å². The van der Waals surface area contributed by atoms with E-state index in [-0.39, 0.29) is 10.9 Å². The number of rotatable bonds is 4. The number of aromatic amines is 1. The van der Waals surface area contributed by atoms with Gasteiger partial charge in [0.05, 0.1) is 5.56 Å². The number of benzene rings is 1. The van der Waals surface area contributed by atoms with Gasteiger partial charge < -0.3 is 5.32 Å². The highest BCUT2D eigenvalue weighted by Crippen LogP contribution is 2.23. The molecule has 1 heterocycles. The Hall–Kier alpha value is -2.28. The molecular formula is C11H11N4O2S+. The number of hydrogen-bond donors (Lipinski definition) is 2. The molecule has 1 amide bonds. The maximum absolute atomic E-state index is 12.0. The molecule has 92 valence electrons. The zero-order valence-electron chi connectivity index (χ0n) is 9.56. The third kappa shape index (κ3) is 2.51. The lowest BCUT2D eigenvalue weighted by Gasteiger charge is -2.04. The van der Waals surface area contributed by atoms with Gasteiger partial charge in [-0.05, 0) is 28.6 Å². The van der Waals surface area contributed by atoms with Crippen LogP contribution in [0.25, 0.3) is 0 Å². The van der Waals surface area contributed by atoms with Crippen LogP contribution in [0.3, 0.4) is 0 Å². The Morgan fingerprint density at radius 1 is 1.39 bits per heavy atom. The van der Waals surface area contributed by atoms with Crippen molar-refractivity contribution < 1.29 is 9.78 Å². The summed E-state index contributed by atoms with van der Waals surface area (Å²) in [6, 6.07) is 7.15. The first-order valence-corrected chi connectivity index (χ1v) is 5.99. The molecule has 1 aromatic heterocycles. The Morgan fingerprint density at radius 2 is 2.17 bits per heavy atom. The molecule has 0 unspecified atom stereocenters. The molecule has 0 aliphatic heterocycles. The second kappa shape index (κ2) is 5.37. The van der Waals surface area contributed by atoms with Gasteiger partial charge in [0.25, 0.3) is 0 Å². The van der Waals surface area contributed by atoms with Crippen LogP contribution >= 0.6 is 11.3 Å². The molecule has 0 saturated carbocycles. The van der Waals surface area contributed by atoms with Crippen LogP contribution in [0, 0.1) is 4.91 Å². The normalized spacial score (nSPS) is 9.83. The van der Waals surface area contributed by atoms with Crippen LogP contribution in [0.15, 0.2) is 35.6 Å². The molecule has 6 nitrogen and oxygen atoms in total. The standard InChI is InChI=1S/C11H10N4O2S/c1-12-8-5-3-2-4-7(8)10(16)14-11-13-6-9(15-17)18-11/h2-6,12H,1H3,(H,13,14,16)/p+1. The molecule has 18 heavy (non-hydrogen) atoms. The molecule has 2 aromatic rings. The lowest BCUT2D eigenvalue weighted by Crippen LogP contribution is -2.17. The zero-order chi connectivity index (χ0) is 13.0. The second-order valence-electron chi connectivity index (χ2n) is 3.40. The van der Waals surface area contributed by atoms with Gasteiger partial charge in [0.1, 0.15) is 6.20 Å². The van der Waals surface area contributed by atoms with Crippen molar-refractivity contribution in [2.45, 2.75) is 0 Å². The average Bonchev–Trinajstić information content (AvgIpc) is 2.86. The Morgan fingerprint density at radius 3 is 2.83 bits per heavy atom. The summed E-state index contributed by atoms with van der Waals surface area (Å²) < 4.78 is 0. The highest BCUT2D eigenvalue weighted by atomic mass is 32.1. The molecule has 2 rings (SSSR count). The molecule has 0 atom stereocenters. The van der Waals surface area contributed by atoms with Crippen LogP contribution in [0.2, 0.25) is 0 Å². The molecule has 0 saturated heterocycles. The van der Waals surface area contributed by atoms with Crippen LogP contribution in [0.4, 0.5) is 15.8 Å². The number of carbonyl (C=O) groups is 1. The van der Waals surface area contributed by atoms with E-state index in [1.54, 1.807) is 19.2 Å². The third-order valence-corrected chi connectivity index (χ3v) is 3.12. The number of nitrogens with one attached hydrogen (secondary N) is 3. The summed E-state index contributed by atoms with van der Waals surface area (Å²) >= 11 is 1.08. The monoisotopic (exact) mass is 263 g/mol. The predicted octanol–water partition coefficient (Wildman–Crippen LogP) is 2.25. The van der Waals surface area contributed by atoms with Crippen molar-refractivity contribution in [2.75, 3.05) is 17.7 Å². The molecule has 0 fully saturated rings. The Labute approximate surface area is 107 Å². The van der Waals surface area contributed by atoms with E-state index in [1.807, 2.05) is 12.1 Å². The fraction of sp³-hybridized carbons (Fsp3) is 0.0909. The largest absolute Gasteiger partial charge is 0.387 e. The lowest BCUT2D eigenvalue weighted by molar-refractivity contribution is -0.353. The van der Waals surface area contributed by atoms with Crippen molar-refractivity contribution in [1.82, 2.24) is 0 Å². The van der Waals surface area contributed by atoms with E-state index >= 15 is 0 Å². The van der Waals surface area contributed by atoms with Crippen molar-refractivity contribution in [1.29, 1.82) is 0 Å². The summed E-state index contributed by atoms with van der Waals surface area (Å²) in [5.74, 6) is -0.254. The van der Waals surface area contributed by atoms with Gasteiger partial charge in [0.2, 0.25) is 5.00 Å². The smallest absolute Gasteiger partial charge is 0.341 e. The van der Waals surface area contributed by atoms with Gasteiger partial charge in [0, 0.05) is 12.7 Å². The SMILES string of the molecule is CNc1ccccc1C(=O)Nc1[nH+]cc(N=O)s1. The summed E-state index contributed by atoms with van der Waals surface area (Å²) in [5.41, 5.74) is 1.27. The number of H-pyrrole nitrogens is 1. The fourth-order valence-corrected chi connectivity index (χ4v) is 2.09. The van der Waals surface area contributed by atoms with E-state index in [0.717, 1.165) is 17.0 Å². The molecule has 3 N–H and O–H groups in total. The number of hydrogen-bond acceptors (Lipinski definition) is 5. The van der Waals surface area contributed by atoms with Crippen LogP contribution in [-0.4, -0.2) is 13.0 Å². The van der Waals surface area contributed by atoms with Crippen molar-refractivity contribution in [3.05, 3.63) is 40.9 Å². The quantitative estimate of drug-likeness (QED) is 0.830. The maximum atomic E-state index is 12.0. The topological polar surface area (TPSA) is 84.7 Å². The van der Waals surface area contributed by atoms with Crippen LogP contribution in [0.1, 0.15) is 10.4 Å². The third-order valence-electron chi connectivity index (χ3n) is 2.29. The Balaban J connectivity index is 2.19. The minimum absolute atomic E-state index is 0.254. The number of nitroso groups, excluding NO2 is 1. The summed E-state index contributed by atoms with van der Waals surface area (Å²) in [4.78, 5) is 25.1. The van der Waals surface area contributed by atoms with Crippen LogP contribution in [0.5, 0.6) is 0 Å². The van der Waals surface area contributed by atoms with Crippen molar-refractivity contribution in [3.8, 4) is 0 Å². The van der Waals surface area contributed by atoms with Crippen LogP contribution in [-0.2, 0) is 0 Å². The van der Waals surface area contributed by atoms with E-state index in [1.165, 1.54) is 6.20 Å². The number of anilines is 2. The van der Waals surface area contributed by atoms with Crippen molar-refractivity contribution in [3.63, 3.8) is 0 Å². The van der Waals surface area contributed by atoms with E-state index in [0.29, 0.717) is 10.7 Å². The fourth-order valence-electron chi connectivity index (χ4n) is 1.47. The van der Waals surface area contributed by atoms with Crippen molar-refractivity contribution in [2.24, 2.45) is 5.18 Å². The lowest BCUT2D eigenvalue weighted by atomic mass is 10.1. The molecule has 7 heteroatoms. The van der Waals surface area contributed by atoms with Gasteiger partial charge in [-0.2, -0.15) is 5.32 Å². The number of aromatic nitrogens is 1. The van der Waals surface area contributed by atoms with Crippen molar-refractivity contribution >= 4 is 33.1 Å². The average molecular weight is 263 g/mol. The van der Waals surface area contributed by atoms with Gasteiger partial charge in [-0.3, -0.25) is 0 Å². The minimum atomic E-state index is -0.254. The van der Waals surface area contributed by atoms with E-state index in [4.69, 9.17) is 0 Å². The van der Waals surface area contributed by atoms with Gasteiger partial charge in [0.15, 0.2) is 0 Å². The van der Waals surface area contributed by atoms with E-state index in [9.17, 15) is 9.70 Å². The number of carbonyl (C=O) groups excluding carboxylic acids is 1. The molecule has 0 spiro atoms. The molecular weight excluding hydrogens is 252 g/mol. The number of para-hydroxylation sites is 1. The summed E-state index contributed by atoms with van der Waals surface area (Å²) in [7, 11) is 1.75. The first kappa shape index (κ1) is 12.2. The molecule has 1 aromatic carbocycles. The number of amides is 1. The van der Waals surface area contributed by atoms with Gasteiger partial charge >= 0.3 is 11.0 Å². The highest BCUT2D eigenvalue weighted by molar-refractivity contribution is 7.18. The minimum Gasteiger partial charge on any atom is -0.387 e. The van der Waals surface area contributed by atoms with Gasteiger partial charge in [-0.1, -0.05) is 12.1 Å². The first-order valence-electron chi connectivity index (χ1n) is 5.17. The first-order chi connectivity index (χ1) is 8.74. The van der Waals surface area contributed by atoms with Crippen LogP contribution < -0.4 is 15.6 Å². The van der Waals surface area contributed by atoms with E-state index < -0.39 is 0 Å². The summed E-state index contributed by atoms with van der Waals surface area (Å²) in [6.07, 6.45) is 1.44. The highest BCUT2D eigenvalue weighted by Gasteiger charge is 2.18. The predicted molar refractivity (Wildman–Crippen MR) is 70.3 cm³/mol. The number of thiazole rings is 1.